The van der Waals surface area contributed by atoms with Crippen molar-refractivity contribution in [2.24, 2.45) is 0 Å². The fourth-order valence-electron chi connectivity index (χ4n) is 2.54. The monoisotopic (exact) mass is 481 g/mol. The molecule has 0 bridgehead atoms. The van der Waals surface area contributed by atoms with Crippen LogP contribution in [0.4, 0.5) is 17.1 Å². The van der Waals surface area contributed by atoms with Gasteiger partial charge >= 0.3 is 0 Å². The SMILES string of the molecule is O=C(Nc1cc(S(=O)(=O)Nc2cccc(Cl)c2)ccc1O)c1ccc([N+](=O)[O-])cc1Cl. The third kappa shape index (κ3) is 5.23. The number of halogens is 2. The van der Waals surface area contributed by atoms with Crippen molar-refractivity contribution in [3.8, 4) is 5.75 Å². The number of nitro groups is 1. The van der Waals surface area contributed by atoms with Crippen LogP contribution in [-0.4, -0.2) is 24.4 Å². The highest BCUT2D eigenvalue weighted by Crippen LogP contribution is 2.30. The zero-order valence-corrected chi connectivity index (χ0v) is 17.7. The second kappa shape index (κ2) is 8.80. The number of nitrogens with one attached hydrogen (secondary N) is 2. The molecule has 0 aliphatic heterocycles. The fraction of sp³-hybridized carbons (Fsp3) is 0. The zero-order chi connectivity index (χ0) is 22.8. The summed E-state index contributed by atoms with van der Waals surface area (Å²) >= 11 is 11.8. The Balaban J connectivity index is 1.87. The van der Waals surface area contributed by atoms with Crippen molar-refractivity contribution in [2.75, 3.05) is 10.0 Å². The topological polar surface area (TPSA) is 139 Å². The Kier molecular flexibility index (Phi) is 6.34. The lowest BCUT2D eigenvalue weighted by atomic mass is 10.2. The van der Waals surface area contributed by atoms with E-state index in [2.05, 4.69) is 10.0 Å². The number of aromatic hydroxyl groups is 1. The Morgan fingerprint density at radius 1 is 1.03 bits per heavy atom. The van der Waals surface area contributed by atoms with E-state index >= 15 is 0 Å². The summed E-state index contributed by atoms with van der Waals surface area (Å²) in [4.78, 5) is 22.4. The molecule has 3 aromatic rings. The number of non-ortho nitro benzene ring substituents is 1. The summed E-state index contributed by atoms with van der Waals surface area (Å²) in [6.45, 7) is 0. The maximum atomic E-state index is 12.7. The van der Waals surface area contributed by atoms with Crippen molar-refractivity contribution < 1.29 is 23.2 Å². The summed E-state index contributed by atoms with van der Waals surface area (Å²) in [5.41, 5.74) is -0.376. The Morgan fingerprint density at radius 3 is 2.42 bits per heavy atom. The van der Waals surface area contributed by atoms with Crippen molar-refractivity contribution in [2.45, 2.75) is 4.90 Å². The van der Waals surface area contributed by atoms with E-state index in [0.717, 1.165) is 36.4 Å². The number of sulfonamides is 1. The quantitative estimate of drug-likeness (QED) is 0.265. The van der Waals surface area contributed by atoms with Gasteiger partial charge in [-0.05, 0) is 42.5 Å². The number of phenols is 1. The van der Waals surface area contributed by atoms with Crippen molar-refractivity contribution in [3.63, 3.8) is 0 Å². The lowest BCUT2D eigenvalue weighted by molar-refractivity contribution is -0.384. The van der Waals surface area contributed by atoms with Gasteiger partial charge in [0, 0.05) is 17.2 Å². The van der Waals surface area contributed by atoms with Crippen molar-refractivity contribution >= 4 is 56.2 Å². The van der Waals surface area contributed by atoms with Crippen LogP contribution in [0.5, 0.6) is 5.75 Å². The van der Waals surface area contributed by atoms with Gasteiger partial charge in [0.25, 0.3) is 21.6 Å². The Hall–Kier alpha value is -3.34. The van der Waals surface area contributed by atoms with Gasteiger partial charge in [-0.15, -0.1) is 0 Å². The molecule has 9 nitrogen and oxygen atoms in total. The highest BCUT2D eigenvalue weighted by Gasteiger charge is 2.20. The summed E-state index contributed by atoms with van der Waals surface area (Å²) in [5.74, 6) is -1.19. The molecule has 0 saturated carbocycles. The normalized spacial score (nSPS) is 11.0. The molecule has 0 aliphatic rings. The number of carbonyl (C=O) groups excluding carboxylic acids is 1. The number of rotatable bonds is 6. The fourth-order valence-corrected chi connectivity index (χ4v) is 4.07. The van der Waals surface area contributed by atoms with Gasteiger partial charge in [-0.1, -0.05) is 29.3 Å². The van der Waals surface area contributed by atoms with E-state index < -0.39 is 26.6 Å². The molecule has 31 heavy (non-hydrogen) atoms. The zero-order valence-electron chi connectivity index (χ0n) is 15.4. The number of benzene rings is 3. The van der Waals surface area contributed by atoms with Gasteiger partial charge in [0.05, 0.1) is 31.8 Å². The third-order valence-electron chi connectivity index (χ3n) is 4.01. The summed E-state index contributed by atoms with van der Waals surface area (Å²) in [5, 5.41) is 23.3. The van der Waals surface area contributed by atoms with Gasteiger partial charge in [-0.25, -0.2) is 8.42 Å². The first-order chi connectivity index (χ1) is 14.6. The van der Waals surface area contributed by atoms with Crippen LogP contribution in [0.15, 0.2) is 65.6 Å². The van der Waals surface area contributed by atoms with Gasteiger partial charge in [-0.2, -0.15) is 0 Å². The van der Waals surface area contributed by atoms with Crippen LogP contribution in [0.1, 0.15) is 10.4 Å². The lowest BCUT2D eigenvalue weighted by Gasteiger charge is -2.12. The van der Waals surface area contributed by atoms with Gasteiger partial charge in [0.2, 0.25) is 0 Å². The average Bonchev–Trinajstić information content (AvgIpc) is 2.68. The number of nitro benzene ring substituents is 1. The van der Waals surface area contributed by atoms with Crippen LogP contribution < -0.4 is 10.0 Å². The summed E-state index contributed by atoms with van der Waals surface area (Å²) < 4.78 is 27.6. The van der Waals surface area contributed by atoms with Crippen molar-refractivity contribution in [1.29, 1.82) is 0 Å². The second-order valence-corrected chi connectivity index (χ2v) is 8.70. The molecule has 0 unspecified atom stereocenters. The van der Waals surface area contributed by atoms with Gasteiger partial charge < -0.3 is 10.4 Å². The van der Waals surface area contributed by atoms with Crippen LogP contribution in [0.2, 0.25) is 10.0 Å². The summed E-state index contributed by atoms with van der Waals surface area (Å²) in [6, 6.07) is 12.6. The molecule has 0 fully saturated rings. The molecular weight excluding hydrogens is 469 g/mol. The average molecular weight is 482 g/mol. The molecule has 0 saturated heterocycles. The van der Waals surface area contributed by atoms with E-state index in [1.165, 1.54) is 12.1 Å². The predicted molar refractivity (Wildman–Crippen MR) is 116 cm³/mol. The van der Waals surface area contributed by atoms with Gasteiger partial charge in [-0.3, -0.25) is 19.6 Å². The first-order valence-electron chi connectivity index (χ1n) is 8.43. The van der Waals surface area contributed by atoms with E-state index in [-0.39, 0.29) is 32.5 Å². The molecule has 0 radical (unpaired) electrons. The van der Waals surface area contributed by atoms with E-state index in [1.807, 2.05) is 0 Å². The molecule has 3 aromatic carbocycles. The summed E-state index contributed by atoms with van der Waals surface area (Å²) in [7, 11) is -4.07. The van der Waals surface area contributed by atoms with Crippen molar-refractivity contribution in [3.05, 3.63) is 86.4 Å². The lowest BCUT2D eigenvalue weighted by Crippen LogP contribution is -2.15. The molecule has 0 heterocycles. The number of phenolic OH excluding ortho intramolecular Hbond substituents is 1. The molecule has 0 aromatic heterocycles. The number of nitrogens with zero attached hydrogens (tertiary/aromatic N) is 1. The van der Waals surface area contributed by atoms with Crippen LogP contribution in [-0.2, 0) is 10.0 Å². The molecule has 0 spiro atoms. The molecule has 0 atom stereocenters. The number of hydrogen-bond acceptors (Lipinski definition) is 6. The smallest absolute Gasteiger partial charge is 0.270 e. The maximum Gasteiger partial charge on any atom is 0.270 e. The maximum absolute atomic E-state index is 12.7. The molecule has 3 rings (SSSR count). The number of anilines is 2. The molecular formula is C19H13Cl2N3O6S. The minimum atomic E-state index is -4.07. The number of amides is 1. The number of carbonyl (C=O) groups is 1. The molecule has 160 valence electrons. The van der Waals surface area contributed by atoms with E-state index in [0.29, 0.717) is 5.02 Å². The van der Waals surface area contributed by atoms with Crippen LogP contribution in [0, 0.1) is 10.1 Å². The van der Waals surface area contributed by atoms with E-state index in [9.17, 15) is 28.4 Å². The second-order valence-electron chi connectivity index (χ2n) is 6.17. The predicted octanol–water partition coefficient (Wildman–Crippen LogP) is 4.66. The standard InChI is InChI=1S/C19H13Cl2N3O6S/c20-11-2-1-3-12(8-11)23-31(29,30)14-5-7-18(25)17(10-14)22-19(26)15-6-4-13(24(27)28)9-16(15)21/h1-10,23,25H,(H,22,26). The first-order valence-corrected chi connectivity index (χ1v) is 10.7. The molecule has 12 heteroatoms. The minimum Gasteiger partial charge on any atom is -0.506 e. The number of hydrogen-bond donors (Lipinski definition) is 3. The van der Waals surface area contributed by atoms with Gasteiger partial charge in [0.1, 0.15) is 5.75 Å². The Labute approximate surface area is 186 Å². The largest absolute Gasteiger partial charge is 0.506 e. The Bertz CT molecular complexity index is 1300. The van der Waals surface area contributed by atoms with Crippen LogP contribution in [0.3, 0.4) is 0 Å². The summed E-state index contributed by atoms with van der Waals surface area (Å²) in [6.07, 6.45) is 0. The highest BCUT2D eigenvalue weighted by atomic mass is 35.5. The highest BCUT2D eigenvalue weighted by molar-refractivity contribution is 7.92. The van der Waals surface area contributed by atoms with E-state index in [4.69, 9.17) is 23.2 Å². The third-order valence-corrected chi connectivity index (χ3v) is 5.94. The Morgan fingerprint density at radius 2 is 1.77 bits per heavy atom. The van der Waals surface area contributed by atoms with E-state index in [1.54, 1.807) is 12.1 Å². The molecule has 1 amide bonds. The van der Waals surface area contributed by atoms with Gasteiger partial charge in [0.15, 0.2) is 0 Å². The minimum absolute atomic E-state index is 0.100. The van der Waals surface area contributed by atoms with Crippen LogP contribution in [0.25, 0.3) is 0 Å². The van der Waals surface area contributed by atoms with Crippen molar-refractivity contribution in [1.82, 2.24) is 0 Å². The molecule has 3 N–H and O–H groups in total. The molecule has 0 aliphatic carbocycles. The first kappa shape index (κ1) is 22.3. The van der Waals surface area contributed by atoms with Crippen LogP contribution >= 0.6 is 23.2 Å².